The van der Waals surface area contributed by atoms with Gasteiger partial charge in [-0.05, 0) is 97.1 Å². The number of ether oxygens (including phenoxy) is 3. The molecule has 0 aliphatic rings. The Labute approximate surface area is 200 Å². The van der Waals surface area contributed by atoms with Crippen LogP contribution in [0.4, 0.5) is 0 Å². The third-order valence-corrected chi connectivity index (χ3v) is 4.97. The van der Waals surface area contributed by atoms with Crippen molar-refractivity contribution < 1.29 is 23.8 Å². The van der Waals surface area contributed by atoms with E-state index in [1.54, 1.807) is 97.1 Å². The highest BCUT2D eigenvalue weighted by atomic mass is 35.5. The summed E-state index contributed by atoms with van der Waals surface area (Å²) in [5.41, 5.74) is 0.746. The second-order valence-electron chi connectivity index (χ2n) is 6.84. The lowest BCUT2D eigenvalue weighted by Crippen LogP contribution is -2.08. The van der Waals surface area contributed by atoms with Gasteiger partial charge in [-0.15, -0.1) is 0 Å². The highest BCUT2D eigenvalue weighted by Gasteiger charge is 2.11. The minimum atomic E-state index is -0.493. The van der Waals surface area contributed by atoms with E-state index in [0.29, 0.717) is 44.2 Å². The Balaban J connectivity index is 1.34. The Morgan fingerprint density at radius 2 is 0.758 bits per heavy atom. The molecule has 0 amide bonds. The number of hydrogen-bond acceptors (Lipinski definition) is 5. The maximum absolute atomic E-state index is 12.3. The van der Waals surface area contributed by atoms with Crippen LogP contribution >= 0.6 is 23.2 Å². The van der Waals surface area contributed by atoms with E-state index in [0.717, 1.165) is 0 Å². The van der Waals surface area contributed by atoms with Crippen LogP contribution in [-0.2, 0) is 0 Å². The number of carbonyl (C=O) groups is 2. The van der Waals surface area contributed by atoms with Gasteiger partial charge in [0.25, 0.3) is 0 Å². The van der Waals surface area contributed by atoms with Crippen molar-refractivity contribution in [1.29, 1.82) is 0 Å². The summed E-state index contributed by atoms with van der Waals surface area (Å²) in [6, 6.07) is 26.1. The van der Waals surface area contributed by atoms with Crippen LogP contribution in [0.3, 0.4) is 0 Å². The first kappa shape index (κ1) is 22.4. The van der Waals surface area contributed by atoms with E-state index in [1.165, 1.54) is 0 Å². The Morgan fingerprint density at radius 3 is 1.09 bits per heavy atom. The summed E-state index contributed by atoms with van der Waals surface area (Å²) in [4.78, 5) is 24.5. The SMILES string of the molecule is O=C(Oc1ccc(Cl)cc1)c1ccc(Oc2ccc(C(=O)Oc3ccc(Cl)cc3)cc2)cc1. The monoisotopic (exact) mass is 478 g/mol. The summed E-state index contributed by atoms with van der Waals surface area (Å²) in [6.07, 6.45) is 0. The molecule has 0 bridgehead atoms. The van der Waals surface area contributed by atoms with Crippen LogP contribution in [0.2, 0.25) is 10.0 Å². The van der Waals surface area contributed by atoms with Crippen LogP contribution in [0.15, 0.2) is 97.1 Å². The van der Waals surface area contributed by atoms with E-state index in [2.05, 4.69) is 0 Å². The van der Waals surface area contributed by atoms with Crippen molar-refractivity contribution >= 4 is 35.1 Å². The number of benzene rings is 4. The fourth-order valence-corrected chi connectivity index (χ4v) is 3.04. The van der Waals surface area contributed by atoms with Gasteiger partial charge in [-0.2, -0.15) is 0 Å². The molecule has 0 atom stereocenters. The Kier molecular flexibility index (Phi) is 6.93. The number of halogens is 2. The molecule has 4 aromatic carbocycles. The van der Waals surface area contributed by atoms with Gasteiger partial charge < -0.3 is 14.2 Å². The molecule has 0 aliphatic carbocycles. The first-order valence-corrected chi connectivity index (χ1v) is 10.6. The molecule has 4 aromatic rings. The summed E-state index contributed by atoms with van der Waals surface area (Å²) in [5.74, 6) is 0.864. The fraction of sp³-hybridized carbons (Fsp3) is 0. The Morgan fingerprint density at radius 1 is 0.455 bits per heavy atom. The smallest absolute Gasteiger partial charge is 0.343 e. The van der Waals surface area contributed by atoms with E-state index in [-0.39, 0.29) is 0 Å². The molecular formula is C26H16Cl2O5. The Hall–Kier alpha value is -3.80. The first-order chi connectivity index (χ1) is 16.0. The summed E-state index contributed by atoms with van der Waals surface area (Å²) in [6.45, 7) is 0. The summed E-state index contributed by atoms with van der Waals surface area (Å²) < 4.78 is 16.4. The predicted molar refractivity (Wildman–Crippen MR) is 126 cm³/mol. The molecule has 0 unspecified atom stereocenters. The minimum Gasteiger partial charge on any atom is -0.457 e. The van der Waals surface area contributed by atoms with Crippen molar-refractivity contribution in [3.05, 3.63) is 118 Å². The van der Waals surface area contributed by atoms with E-state index in [9.17, 15) is 9.59 Å². The molecule has 0 saturated carbocycles. The zero-order chi connectivity index (χ0) is 23.2. The standard InChI is InChI=1S/C26H16Cl2O5/c27-19-5-13-23(14-6-19)32-25(29)17-1-9-21(10-2-17)31-22-11-3-18(4-12-22)26(30)33-24-15-7-20(28)8-16-24/h1-16H. The van der Waals surface area contributed by atoms with Gasteiger partial charge in [-0.3, -0.25) is 0 Å². The third kappa shape index (κ3) is 6.13. The van der Waals surface area contributed by atoms with E-state index >= 15 is 0 Å². The normalized spacial score (nSPS) is 10.4. The molecule has 4 rings (SSSR count). The maximum atomic E-state index is 12.3. The lowest BCUT2D eigenvalue weighted by Gasteiger charge is -2.08. The molecular weight excluding hydrogens is 463 g/mol. The second-order valence-corrected chi connectivity index (χ2v) is 7.71. The number of esters is 2. The second kappa shape index (κ2) is 10.2. The minimum absolute atomic E-state index is 0.373. The van der Waals surface area contributed by atoms with Gasteiger partial charge in [0.05, 0.1) is 11.1 Å². The molecule has 0 aromatic heterocycles. The van der Waals surface area contributed by atoms with Crippen molar-refractivity contribution in [2.24, 2.45) is 0 Å². The average Bonchev–Trinajstić information content (AvgIpc) is 2.83. The maximum Gasteiger partial charge on any atom is 0.343 e. The molecule has 0 fully saturated rings. The van der Waals surface area contributed by atoms with Crippen molar-refractivity contribution in [2.45, 2.75) is 0 Å². The van der Waals surface area contributed by atoms with Crippen LogP contribution in [0.1, 0.15) is 20.7 Å². The van der Waals surface area contributed by atoms with Gasteiger partial charge in [-0.1, -0.05) is 23.2 Å². The highest BCUT2D eigenvalue weighted by Crippen LogP contribution is 2.24. The Bertz CT molecular complexity index is 1150. The average molecular weight is 479 g/mol. The topological polar surface area (TPSA) is 61.8 Å². The van der Waals surface area contributed by atoms with Gasteiger partial charge in [0, 0.05) is 10.0 Å². The largest absolute Gasteiger partial charge is 0.457 e. The van der Waals surface area contributed by atoms with Crippen LogP contribution in [0.25, 0.3) is 0 Å². The van der Waals surface area contributed by atoms with Crippen molar-refractivity contribution in [2.75, 3.05) is 0 Å². The highest BCUT2D eigenvalue weighted by molar-refractivity contribution is 6.30. The van der Waals surface area contributed by atoms with Crippen molar-refractivity contribution in [3.63, 3.8) is 0 Å². The van der Waals surface area contributed by atoms with Gasteiger partial charge in [0.1, 0.15) is 23.0 Å². The molecule has 0 spiro atoms. The van der Waals surface area contributed by atoms with E-state index in [1.807, 2.05) is 0 Å². The molecule has 0 saturated heterocycles. The van der Waals surface area contributed by atoms with Crippen molar-refractivity contribution in [1.82, 2.24) is 0 Å². The molecule has 0 radical (unpaired) electrons. The summed E-state index contributed by atoms with van der Waals surface area (Å²) >= 11 is 11.7. The molecule has 7 heteroatoms. The molecule has 5 nitrogen and oxygen atoms in total. The predicted octanol–water partition coefficient (Wildman–Crippen LogP) is 7.22. The fourth-order valence-electron chi connectivity index (χ4n) is 2.79. The molecule has 33 heavy (non-hydrogen) atoms. The van der Waals surface area contributed by atoms with E-state index in [4.69, 9.17) is 37.4 Å². The number of hydrogen-bond donors (Lipinski definition) is 0. The van der Waals surface area contributed by atoms with Crippen LogP contribution in [0.5, 0.6) is 23.0 Å². The lowest BCUT2D eigenvalue weighted by molar-refractivity contribution is 0.0725. The van der Waals surface area contributed by atoms with Gasteiger partial charge in [0.2, 0.25) is 0 Å². The summed E-state index contributed by atoms with van der Waals surface area (Å²) in [7, 11) is 0. The van der Waals surface area contributed by atoms with Crippen LogP contribution in [-0.4, -0.2) is 11.9 Å². The van der Waals surface area contributed by atoms with Gasteiger partial charge in [0.15, 0.2) is 0 Å². The van der Waals surface area contributed by atoms with Crippen molar-refractivity contribution in [3.8, 4) is 23.0 Å². The molecule has 0 heterocycles. The molecule has 0 N–H and O–H groups in total. The first-order valence-electron chi connectivity index (χ1n) is 9.80. The van der Waals surface area contributed by atoms with Gasteiger partial charge in [-0.25, -0.2) is 9.59 Å². The quantitative estimate of drug-likeness (QED) is 0.216. The zero-order valence-corrected chi connectivity index (χ0v) is 18.5. The number of rotatable bonds is 6. The van der Waals surface area contributed by atoms with E-state index < -0.39 is 11.9 Å². The summed E-state index contributed by atoms with van der Waals surface area (Å²) in [5, 5.41) is 1.12. The number of carbonyl (C=O) groups excluding carboxylic acids is 2. The van der Waals surface area contributed by atoms with Crippen LogP contribution in [0, 0.1) is 0 Å². The third-order valence-electron chi connectivity index (χ3n) is 4.46. The lowest BCUT2D eigenvalue weighted by atomic mass is 10.2. The zero-order valence-electron chi connectivity index (χ0n) is 17.0. The molecule has 164 valence electrons. The molecule has 0 aliphatic heterocycles. The van der Waals surface area contributed by atoms with Crippen LogP contribution < -0.4 is 14.2 Å². The van der Waals surface area contributed by atoms with Gasteiger partial charge >= 0.3 is 11.9 Å².